The van der Waals surface area contributed by atoms with Gasteiger partial charge in [-0.05, 0) is 37.0 Å². The van der Waals surface area contributed by atoms with Crippen LogP contribution in [0.1, 0.15) is 38.2 Å². The zero-order chi connectivity index (χ0) is 18.8. The van der Waals surface area contributed by atoms with E-state index in [-0.39, 0.29) is 18.7 Å². The second-order valence-corrected chi connectivity index (χ2v) is 6.77. The summed E-state index contributed by atoms with van der Waals surface area (Å²) in [4.78, 5) is 13.6. The Kier molecular flexibility index (Phi) is 8.88. The van der Waals surface area contributed by atoms with Gasteiger partial charge in [0.05, 0.1) is 13.2 Å². The fourth-order valence-corrected chi connectivity index (χ4v) is 3.13. The summed E-state index contributed by atoms with van der Waals surface area (Å²) in [6, 6.07) is 7.91. The van der Waals surface area contributed by atoms with Gasteiger partial charge in [-0.15, -0.1) is 0 Å². The quantitative estimate of drug-likeness (QED) is 0.607. The molecule has 1 aromatic carbocycles. The third-order valence-electron chi connectivity index (χ3n) is 4.39. The minimum absolute atomic E-state index is 0.0268. The minimum atomic E-state index is -0.720. The number of esters is 1. The molecule has 6 heteroatoms. The maximum absolute atomic E-state index is 11.5. The van der Waals surface area contributed by atoms with Crippen LogP contribution in [0, 0.1) is 0 Å². The largest absolute Gasteiger partial charge is 0.497 e. The van der Waals surface area contributed by atoms with E-state index in [4.69, 9.17) is 14.2 Å². The first-order chi connectivity index (χ1) is 12.6. The lowest BCUT2D eigenvalue weighted by atomic mass is 10.1. The zero-order valence-corrected chi connectivity index (χ0v) is 15.9. The number of carbonyl (C=O) groups is 1. The van der Waals surface area contributed by atoms with Crippen LogP contribution in [0.15, 0.2) is 24.3 Å². The smallest absolute Gasteiger partial charge is 0.305 e. The van der Waals surface area contributed by atoms with Gasteiger partial charge in [0.2, 0.25) is 0 Å². The highest BCUT2D eigenvalue weighted by molar-refractivity contribution is 5.69. The van der Waals surface area contributed by atoms with Crippen molar-refractivity contribution in [3.8, 4) is 5.75 Å². The molecular formula is C20H31NO5. The average Bonchev–Trinajstić information content (AvgIpc) is 3.13. The number of hydrogen-bond acceptors (Lipinski definition) is 6. The Hall–Kier alpha value is -1.63. The van der Waals surface area contributed by atoms with Crippen molar-refractivity contribution < 1.29 is 24.1 Å². The van der Waals surface area contributed by atoms with Gasteiger partial charge in [-0.3, -0.25) is 9.69 Å². The molecule has 2 unspecified atom stereocenters. The SMILES string of the molecule is CCCC(=O)OCC(O)CN(Cc1cccc(OC)c1)CC1CCCO1. The van der Waals surface area contributed by atoms with Crippen LogP contribution in [0.2, 0.25) is 0 Å². The summed E-state index contributed by atoms with van der Waals surface area (Å²) in [5.74, 6) is 0.554. The van der Waals surface area contributed by atoms with Crippen LogP contribution >= 0.6 is 0 Å². The molecule has 0 radical (unpaired) electrons. The molecule has 0 aromatic heterocycles. The molecule has 6 nitrogen and oxygen atoms in total. The number of aliphatic hydroxyl groups excluding tert-OH is 1. The molecule has 0 aliphatic carbocycles. The Labute approximate surface area is 156 Å². The number of carbonyl (C=O) groups excluding carboxylic acids is 1. The normalized spacial score (nSPS) is 18.1. The van der Waals surface area contributed by atoms with Gasteiger partial charge in [-0.2, -0.15) is 0 Å². The number of benzene rings is 1. The van der Waals surface area contributed by atoms with E-state index in [1.165, 1.54) is 0 Å². The van der Waals surface area contributed by atoms with Gasteiger partial charge >= 0.3 is 5.97 Å². The van der Waals surface area contributed by atoms with Gasteiger partial charge in [0.1, 0.15) is 18.5 Å². The number of hydrogen-bond donors (Lipinski definition) is 1. The third-order valence-corrected chi connectivity index (χ3v) is 4.39. The topological polar surface area (TPSA) is 68.2 Å². The van der Waals surface area contributed by atoms with E-state index >= 15 is 0 Å². The van der Waals surface area contributed by atoms with Gasteiger partial charge in [-0.1, -0.05) is 19.1 Å². The monoisotopic (exact) mass is 365 g/mol. The van der Waals surface area contributed by atoms with Gasteiger partial charge < -0.3 is 19.3 Å². The summed E-state index contributed by atoms with van der Waals surface area (Å²) in [6.07, 6.45) is 2.72. The summed E-state index contributed by atoms with van der Waals surface area (Å²) in [6.45, 7) is 4.60. The van der Waals surface area contributed by atoms with Crippen molar-refractivity contribution in [2.75, 3.05) is 33.4 Å². The van der Waals surface area contributed by atoms with Gasteiger partial charge in [-0.25, -0.2) is 0 Å². The molecule has 1 N–H and O–H groups in total. The first-order valence-electron chi connectivity index (χ1n) is 9.41. The molecule has 0 amide bonds. The minimum Gasteiger partial charge on any atom is -0.497 e. The van der Waals surface area contributed by atoms with Crippen molar-refractivity contribution in [3.05, 3.63) is 29.8 Å². The predicted molar refractivity (Wildman–Crippen MR) is 99.1 cm³/mol. The highest BCUT2D eigenvalue weighted by Gasteiger charge is 2.22. The lowest BCUT2D eigenvalue weighted by Gasteiger charge is -2.27. The fourth-order valence-electron chi connectivity index (χ4n) is 3.13. The van der Waals surface area contributed by atoms with Crippen LogP contribution in [0.25, 0.3) is 0 Å². The summed E-state index contributed by atoms with van der Waals surface area (Å²) in [5, 5.41) is 10.3. The molecule has 1 aromatic rings. The van der Waals surface area contributed by atoms with Gasteiger partial charge in [0, 0.05) is 32.7 Å². The predicted octanol–water partition coefficient (Wildman–Crippen LogP) is 2.38. The lowest BCUT2D eigenvalue weighted by Crippen LogP contribution is -2.39. The molecule has 0 bridgehead atoms. The van der Waals surface area contributed by atoms with Crippen LogP contribution in [-0.2, 0) is 20.8 Å². The van der Waals surface area contributed by atoms with Crippen LogP contribution in [-0.4, -0.2) is 61.6 Å². The van der Waals surface area contributed by atoms with E-state index in [9.17, 15) is 9.90 Å². The fraction of sp³-hybridized carbons (Fsp3) is 0.650. The van der Waals surface area contributed by atoms with E-state index in [1.54, 1.807) is 7.11 Å². The number of aliphatic hydroxyl groups is 1. The van der Waals surface area contributed by atoms with Crippen molar-refractivity contribution in [1.29, 1.82) is 0 Å². The molecule has 1 aliphatic heterocycles. The molecule has 26 heavy (non-hydrogen) atoms. The Bertz CT molecular complexity index is 545. The number of nitrogens with zero attached hydrogens (tertiary/aromatic N) is 1. The van der Waals surface area contributed by atoms with Crippen molar-refractivity contribution in [3.63, 3.8) is 0 Å². The average molecular weight is 365 g/mol. The van der Waals surface area contributed by atoms with Crippen LogP contribution < -0.4 is 4.74 Å². The highest BCUT2D eigenvalue weighted by Crippen LogP contribution is 2.18. The van der Waals surface area contributed by atoms with E-state index in [0.717, 1.165) is 43.7 Å². The Balaban J connectivity index is 1.92. The molecule has 2 atom stereocenters. The van der Waals surface area contributed by atoms with E-state index in [1.807, 2.05) is 31.2 Å². The summed E-state index contributed by atoms with van der Waals surface area (Å²) in [5.41, 5.74) is 1.11. The Morgan fingerprint density at radius 2 is 2.31 bits per heavy atom. The first kappa shape index (κ1) is 20.7. The second kappa shape index (κ2) is 11.2. The van der Waals surface area contributed by atoms with Crippen molar-refractivity contribution in [2.45, 2.75) is 51.4 Å². The molecular weight excluding hydrogens is 334 g/mol. The van der Waals surface area contributed by atoms with Crippen molar-refractivity contribution in [1.82, 2.24) is 4.90 Å². The van der Waals surface area contributed by atoms with E-state index in [2.05, 4.69) is 4.90 Å². The summed E-state index contributed by atoms with van der Waals surface area (Å²) >= 11 is 0. The Morgan fingerprint density at radius 3 is 3.00 bits per heavy atom. The number of rotatable bonds is 11. The molecule has 1 heterocycles. The molecule has 1 fully saturated rings. The lowest BCUT2D eigenvalue weighted by molar-refractivity contribution is -0.147. The highest BCUT2D eigenvalue weighted by atomic mass is 16.5. The van der Waals surface area contributed by atoms with Crippen molar-refractivity contribution >= 4 is 5.97 Å². The standard InChI is InChI=1S/C20H31NO5/c1-3-6-20(23)26-15-17(22)13-21(14-19-9-5-10-25-19)12-16-7-4-8-18(11-16)24-2/h4,7-8,11,17,19,22H,3,5-6,9-10,12-15H2,1-2H3. The number of ether oxygens (including phenoxy) is 3. The first-order valence-corrected chi connectivity index (χ1v) is 9.41. The van der Waals surface area contributed by atoms with Crippen LogP contribution in [0.3, 0.4) is 0 Å². The van der Waals surface area contributed by atoms with Gasteiger partial charge in [0.15, 0.2) is 0 Å². The molecule has 146 valence electrons. The van der Waals surface area contributed by atoms with Crippen LogP contribution in [0.4, 0.5) is 0 Å². The zero-order valence-electron chi connectivity index (χ0n) is 15.9. The second-order valence-electron chi connectivity index (χ2n) is 6.77. The molecule has 0 spiro atoms. The Morgan fingerprint density at radius 1 is 1.46 bits per heavy atom. The van der Waals surface area contributed by atoms with E-state index < -0.39 is 6.10 Å². The van der Waals surface area contributed by atoms with Crippen molar-refractivity contribution in [2.24, 2.45) is 0 Å². The van der Waals surface area contributed by atoms with Gasteiger partial charge in [0.25, 0.3) is 0 Å². The molecule has 2 rings (SSSR count). The molecule has 1 saturated heterocycles. The molecule has 1 aliphatic rings. The maximum Gasteiger partial charge on any atom is 0.305 e. The summed E-state index contributed by atoms with van der Waals surface area (Å²) < 4.78 is 16.2. The van der Waals surface area contributed by atoms with E-state index in [0.29, 0.717) is 19.5 Å². The molecule has 0 saturated carbocycles. The van der Waals surface area contributed by atoms with Crippen LogP contribution in [0.5, 0.6) is 5.75 Å². The summed E-state index contributed by atoms with van der Waals surface area (Å²) in [7, 11) is 1.65. The third kappa shape index (κ3) is 7.32. The maximum atomic E-state index is 11.5. The number of methoxy groups -OCH3 is 1.